The van der Waals surface area contributed by atoms with Crippen molar-refractivity contribution in [2.24, 2.45) is 0 Å². The molecule has 0 saturated carbocycles. The summed E-state index contributed by atoms with van der Waals surface area (Å²) in [5.41, 5.74) is 1.43. The molecule has 0 aliphatic carbocycles. The van der Waals surface area contributed by atoms with Gasteiger partial charge in [-0.2, -0.15) is 13.2 Å². The van der Waals surface area contributed by atoms with Crippen LogP contribution < -0.4 is 5.32 Å². The van der Waals surface area contributed by atoms with E-state index in [9.17, 15) is 17.6 Å². The van der Waals surface area contributed by atoms with Gasteiger partial charge in [0.1, 0.15) is 5.82 Å². The Morgan fingerprint density at radius 3 is 2.53 bits per heavy atom. The Kier molecular flexibility index (Phi) is 5.79. The third kappa shape index (κ3) is 6.05. The summed E-state index contributed by atoms with van der Waals surface area (Å²) < 4.78 is 50.6. The maximum absolute atomic E-state index is 13.1. The average Bonchev–Trinajstić information content (AvgIpc) is 2.29. The van der Waals surface area contributed by atoms with Crippen LogP contribution in [0.4, 0.5) is 17.6 Å². The first kappa shape index (κ1) is 16.0. The van der Waals surface area contributed by atoms with Crippen molar-refractivity contribution in [1.82, 2.24) is 5.32 Å². The van der Waals surface area contributed by atoms with Gasteiger partial charge in [-0.15, -0.1) is 0 Å². The molecule has 0 radical (unpaired) electrons. The molecule has 0 amide bonds. The average molecular weight is 277 g/mol. The molecule has 1 atom stereocenters. The molecule has 0 saturated heterocycles. The number of rotatable bonds is 6. The Hall–Kier alpha value is -1.10. The van der Waals surface area contributed by atoms with Crippen LogP contribution in [0.25, 0.3) is 0 Å². The largest absolute Gasteiger partial charge is 0.390 e. The van der Waals surface area contributed by atoms with Crippen molar-refractivity contribution in [2.45, 2.75) is 45.3 Å². The molecule has 19 heavy (non-hydrogen) atoms. The molecule has 1 N–H and O–H groups in total. The molecule has 1 aromatic rings. The smallest absolute Gasteiger partial charge is 0.313 e. The van der Waals surface area contributed by atoms with E-state index in [1.165, 1.54) is 12.1 Å². The van der Waals surface area contributed by atoms with Crippen molar-refractivity contribution in [3.8, 4) is 0 Å². The second-order valence-electron chi connectivity index (χ2n) is 4.75. The first-order chi connectivity index (χ1) is 8.81. The van der Waals surface area contributed by atoms with Gasteiger partial charge < -0.3 is 5.32 Å². The Balaban J connectivity index is 2.78. The Morgan fingerprint density at radius 2 is 1.95 bits per heavy atom. The number of alkyl halides is 3. The van der Waals surface area contributed by atoms with Crippen molar-refractivity contribution in [3.05, 3.63) is 35.1 Å². The maximum atomic E-state index is 13.1. The predicted octanol–water partition coefficient (Wildman–Crippen LogP) is 4.00. The van der Waals surface area contributed by atoms with Gasteiger partial charge in [-0.1, -0.05) is 13.0 Å². The minimum atomic E-state index is -4.22. The van der Waals surface area contributed by atoms with Gasteiger partial charge in [0, 0.05) is 6.04 Å². The minimum absolute atomic E-state index is 0.184. The lowest BCUT2D eigenvalue weighted by Crippen LogP contribution is -2.36. The van der Waals surface area contributed by atoms with E-state index in [0.717, 1.165) is 12.0 Å². The Bertz CT molecular complexity index is 401. The van der Waals surface area contributed by atoms with E-state index < -0.39 is 24.5 Å². The van der Waals surface area contributed by atoms with Crippen molar-refractivity contribution < 1.29 is 17.6 Å². The van der Waals surface area contributed by atoms with Crippen molar-refractivity contribution in [3.63, 3.8) is 0 Å². The number of hydrogen-bond donors (Lipinski definition) is 1. The number of nitrogens with one attached hydrogen (secondary N) is 1. The second-order valence-corrected chi connectivity index (χ2v) is 4.75. The van der Waals surface area contributed by atoms with Crippen LogP contribution in [0.1, 0.15) is 30.9 Å². The van der Waals surface area contributed by atoms with Gasteiger partial charge in [0.15, 0.2) is 0 Å². The van der Waals surface area contributed by atoms with Crippen LogP contribution in [-0.4, -0.2) is 18.8 Å². The molecule has 0 aliphatic heterocycles. The predicted molar refractivity (Wildman–Crippen MR) is 67.6 cm³/mol. The molecule has 108 valence electrons. The van der Waals surface area contributed by atoms with Gasteiger partial charge >= 0.3 is 6.18 Å². The molecule has 1 rings (SSSR count). The van der Waals surface area contributed by atoms with Gasteiger partial charge in [-0.3, -0.25) is 0 Å². The molecular formula is C14H19F4N. The van der Waals surface area contributed by atoms with E-state index >= 15 is 0 Å². The fourth-order valence-electron chi connectivity index (χ4n) is 1.97. The highest BCUT2D eigenvalue weighted by Crippen LogP contribution is 2.24. The highest BCUT2D eigenvalue weighted by atomic mass is 19.4. The Labute approximate surface area is 111 Å². The van der Waals surface area contributed by atoms with Crippen LogP contribution in [0.15, 0.2) is 18.2 Å². The zero-order valence-corrected chi connectivity index (χ0v) is 11.1. The SMILES string of the molecule is CCCNC(Cc1cc(F)ccc1C)CC(F)(F)F. The summed E-state index contributed by atoms with van der Waals surface area (Å²) in [5.74, 6) is -0.415. The zero-order valence-electron chi connectivity index (χ0n) is 11.1. The van der Waals surface area contributed by atoms with Gasteiger partial charge in [-0.05, 0) is 49.6 Å². The highest BCUT2D eigenvalue weighted by molar-refractivity contribution is 5.27. The summed E-state index contributed by atoms with van der Waals surface area (Å²) >= 11 is 0. The number of halogens is 4. The summed E-state index contributed by atoms with van der Waals surface area (Å²) in [5, 5.41) is 2.88. The van der Waals surface area contributed by atoms with Crippen LogP contribution in [0, 0.1) is 12.7 Å². The summed E-state index contributed by atoms with van der Waals surface area (Å²) in [4.78, 5) is 0. The highest BCUT2D eigenvalue weighted by Gasteiger charge is 2.31. The number of aryl methyl sites for hydroxylation is 1. The summed E-state index contributed by atoms with van der Waals surface area (Å²) in [6.45, 7) is 4.19. The standard InChI is InChI=1S/C14H19F4N/c1-3-6-19-13(9-14(16,17)18)8-11-7-12(15)5-4-10(11)2/h4-5,7,13,19H,3,6,8-9H2,1-2H3. The molecule has 0 heterocycles. The summed E-state index contributed by atoms with van der Waals surface area (Å²) in [6.07, 6.45) is -4.17. The molecule has 1 unspecified atom stereocenters. The van der Waals surface area contributed by atoms with Crippen LogP contribution in [-0.2, 0) is 6.42 Å². The van der Waals surface area contributed by atoms with E-state index in [0.29, 0.717) is 12.1 Å². The van der Waals surface area contributed by atoms with Crippen LogP contribution in [0.2, 0.25) is 0 Å². The summed E-state index contributed by atoms with van der Waals surface area (Å²) in [7, 11) is 0. The lowest BCUT2D eigenvalue weighted by Gasteiger charge is -2.21. The van der Waals surface area contributed by atoms with Gasteiger partial charge in [-0.25, -0.2) is 4.39 Å². The molecular weight excluding hydrogens is 258 g/mol. The minimum Gasteiger partial charge on any atom is -0.313 e. The summed E-state index contributed by atoms with van der Waals surface area (Å²) in [6, 6.07) is 3.51. The molecule has 1 nitrogen and oxygen atoms in total. The lowest BCUT2D eigenvalue weighted by molar-refractivity contribution is -0.139. The fourth-order valence-corrected chi connectivity index (χ4v) is 1.97. The molecule has 0 bridgehead atoms. The quantitative estimate of drug-likeness (QED) is 0.775. The third-order valence-electron chi connectivity index (χ3n) is 2.94. The van der Waals surface area contributed by atoms with E-state index in [2.05, 4.69) is 5.32 Å². The van der Waals surface area contributed by atoms with Crippen LogP contribution >= 0.6 is 0 Å². The van der Waals surface area contributed by atoms with Crippen molar-refractivity contribution >= 4 is 0 Å². The first-order valence-corrected chi connectivity index (χ1v) is 6.37. The topological polar surface area (TPSA) is 12.0 Å². The fraction of sp³-hybridized carbons (Fsp3) is 0.571. The molecule has 5 heteroatoms. The Morgan fingerprint density at radius 1 is 1.26 bits per heavy atom. The molecule has 0 aromatic heterocycles. The normalized spacial score (nSPS) is 13.6. The number of hydrogen-bond acceptors (Lipinski definition) is 1. The monoisotopic (exact) mass is 277 g/mol. The molecule has 0 fully saturated rings. The van der Waals surface area contributed by atoms with Gasteiger partial charge in [0.05, 0.1) is 6.42 Å². The van der Waals surface area contributed by atoms with E-state index in [-0.39, 0.29) is 6.42 Å². The van der Waals surface area contributed by atoms with Crippen molar-refractivity contribution in [1.29, 1.82) is 0 Å². The van der Waals surface area contributed by atoms with Crippen molar-refractivity contribution in [2.75, 3.05) is 6.54 Å². The van der Waals surface area contributed by atoms with Gasteiger partial charge in [0.2, 0.25) is 0 Å². The molecule has 0 spiro atoms. The zero-order chi connectivity index (χ0) is 14.5. The maximum Gasteiger partial charge on any atom is 0.390 e. The lowest BCUT2D eigenvalue weighted by atomic mass is 9.98. The third-order valence-corrected chi connectivity index (χ3v) is 2.94. The van der Waals surface area contributed by atoms with Crippen LogP contribution in [0.5, 0.6) is 0 Å². The van der Waals surface area contributed by atoms with E-state index in [4.69, 9.17) is 0 Å². The van der Waals surface area contributed by atoms with E-state index in [1.807, 2.05) is 6.92 Å². The first-order valence-electron chi connectivity index (χ1n) is 6.37. The number of benzene rings is 1. The molecule has 1 aromatic carbocycles. The van der Waals surface area contributed by atoms with E-state index in [1.54, 1.807) is 13.0 Å². The van der Waals surface area contributed by atoms with Crippen LogP contribution in [0.3, 0.4) is 0 Å². The second kappa shape index (κ2) is 6.89. The molecule has 0 aliphatic rings. The van der Waals surface area contributed by atoms with Gasteiger partial charge in [0.25, 0.3) is 0 Å².